The van der Waals surface area contributed by atoms with E-state index in [2.05, 4.69) is 4.98 Å². The first-order valence-corrected chi connectivity index (χ1v) is 10.5. The minimum Gasteiger partial charge on any atom is -0.497 e. The van der Waals surface area contributed by atoms with Gasteiger partial charge in [-0.1, -0.05) is 18.2 Å². The van der Waals surface area contributed by atoms with E-state index in [0.29, 0.717) is 24.5 Å². The molecule has 2 aromatic carbocycles. The molecule has 154 valence electrons. The van der Waals surface area contributed by atoms with Crippen molar-refractivity contribution in [3.05, 3.63) is 54.7 Å². The lowest BCUT2D eigenvalue weighted by atomic mass is 10.2. The maximum Gasteiger partial charge on any atom is 0.268 e. The van der Waals surface area contributed by atoms with E-state index in [1.165, 1.54) is 24.6 Å². The molecule has 29 heavy (non-hydrogen) atoms. The molecule has 1 heterocycles. The Morgan fingerprint density at radius 3 is 2.52 bits per heavy atom. The van der Waals surface area contributed by atoms with Crippen molar-refractivity contribution >= 4 is 26.6 Å². The predicted octanol–water partition coefficient (Wildman–Crippen LogP) is 3.48. The van der Waals surface area contributed by atoms with Gasteiger partial charge in [-0.25, -0.2) is 8.42 Å². The van der Waals surface area contributed by atoms with Crippen LogP contribution in [-0.2, 0) is 14.8 Å². The first-order chi connectivity index (χ1) is 14.0. The van der Waals surface area contributed by atoms with Gasteiger partial charge in [0.2, 0.25) is 0 Å². The summed E-state index contributed by atoms with van der Waals surface area (Å²) in [6, 6.07) is 14.1. The molecule has 0 aliphatic carbocycles. The Hall–Kier alpha value is -2.84. The second kappa shape index (κ2) is 9.11. The number of sulfonamides is 1. The van der Waals surface area contributed by atoms with Crippen LogP contribution in [0.3, 0.4) is 0 Å². The van der Waals surface area contributed by atoms with Crippen LogP contribution in [0.4, 0.5) is 5.69 Å². The van der Waals surface area contributed by atoms with Crippen molar-refractivity contribution < 1.29 is 22.6 Å². The molecule has 0 radical (unpaired) electrons. The van der Waals surface area contributed by atoms with Crippen LogP contribution in [0.25, 0.3) is 10.9 Å². The van der Waals surface area contributed by atoms with Crippen molar-refractivity contribution in [3.63, 3.8) is 0 Å². The number of ether oxygens (including phenoxy) is 3. The number of rotatable bonds is 9. The van der Waals surface area contributed by atoms with E-state index in [4.69, 9.17) is 14.2 Å². The minimum absolute atomic E-state index is 0.0323. The minimum atomic E-state index is -3.95. The second-order valence-electron chi connectivity index (χ2n) is 6.33. The van der Waals surface area contributed by atoms with E-state index >= 15 is 0 Å². The number of nitrogens with zero attached hydrogens (tertiary/aromatic N) is 2. The fourth-order valence-electron chi connectivity index (χ4n) is 3.04. The van der Waals surface area contributed by atoms with E-state index in [9.17, 15) is 8.42 Å². The van der Waals surface area contributed by atoms with Crippen LogP contribution in [0, 0.1) is 0 Å². The van der Waals surface area contributed by atoms with Gasteiger partial charge in [-0.3, -0.25) is 9.29 Å². The lowest BCUT2D eigenvalue weighted by molar-refractivity contribution is 0.197. The van der Waals surface area contributed by atoms with E-state index < -0.39 is 10.0 Å². The number of hydrogen-bond acceptors (Lipinski definition) is 6. The summed E-state index contributed by atoms with van der Waals surface area (Å²) in [5.74, 6) is 0.675. The van der Waals surface area contributed by atoms with Gasteiger partial charge in [0.15, 0.2) is 0 Å². The highest BCUT2D eigenvalue weighted by Gasteiger charge is 2.29. The topological polar surface area (TPSA) is 78.0 Å². The Labute approximate surface area is 170 Å². The third kappa shape index (κ3) is 4.44. The molecule has 3 rings (SSSR count). The first-order valence-electron chi connectivity index (χ1n) is 9.09. The summed E-state index contributed by atoms with van der Waals surface area (Å²) in [5, 5.41) is 0.856. The smallest absolute Gasteiger partial charge is 0.268 e. The molecule has 0 fully saturated rings. The lowest BCUT2D eigenvalue weighted by Gasteiger charge is -2.25. The Kier molecular flexibility index (Phi) is 6.56. The fourth-order valence-corrected chi connectivity index (χ4v) is 4.70. The number of fused-ring (bicyclic) bond motifs is 1. The lowest BCUT2D eigenvalue weighted by Crippen LogP contribution is -2.33. The number of aromatic nitrogens is 1. The van der Waals surface area contributed by atoms with E-state index in [1.54, 1.807) is 25.4 Å². The Morgan fingerprint density at radius 1 is 1.00 bits per heavy atom. The van der Waals surface area contributed by atoms with Crippen LogP contribution in [0.1, 0.15) is 6.42 Å². The number of methoxy groups -OCH3 is 3. The maximum atomic E-state index is 13.6. The molecule has 1 aromatic heterocycles. The van der Waals surface area contributed by atoms with Gasteiger partial charge in [0.25, 0.3) is 10.0 Å². The van der Waals surface area contributed by atoms with Crippen LogP contribution in [0.5, 0.6) is 11.5 Å². The summed E-state index contributed by atoms with van der Waals surface area (Å²) in [6.07, 6.45) is 2.09. The van der Waals surface area contributed by atoms with Gasteiger partial charge in [0.05, 0.1) is 31.6 Å². The van der Waals surface area contributed by atoms with E-state index in [0.717, 1.165) is 10.9 Å². The monoisotopic (exact) mass is 416 g/mol. The summed E-state index contributed by atoms with van der Waals surface area (Å²) in [7, 11) is 0.565. The van der Waals surface area contributed by atoms with Crippen molar-refractivity contribution in [2.24, 2.45) is 0 Å². The van der Waals surface area contributed by atoms with Crippen molar-refractivity contribution in [2.75, 3.05) is 38.8 Å². The summed E-state index contributed by atoms with van der Waals surface area (Å²) in [5.41, 5.74) is 1.27. The molecule has 0 N–H and O–H groups in total. The van der Waals surface area contributed by atoms with Gasteiger partial charge in [-0.15, -0.1) is 0 Å². The molecule has 0 spiro atoms. The number of para-hydroxylation sites is 1. The van der Waals surface area contributed by atoms with Crippen LogP contribution >= 0.6 is 0 Å². The van der Waals surface area contributed by atoms with Gasteiger partial charge in [0, 0.05) is 31.7 Å². The zero-order valence-corrected chi connectivity index (χ0v) is 17.5. The highest BCUT2D eigenvalue weighted by atomic mass is 32.2. The van der Waals surface area contributed by atoms with Gasteiger partial charge in [0.1, 0.15) is 16.4 Å². The quantitative estimate of drug-likeness (QED) is 0.497. The average Bonchev–Trinajstić information content (AvgIpc) is 2.75. The molecule has 8 heteroatoms. The molecule has 0 bridgehead atoms. The molecule has 0 amide bonds. The standard InChI is InChI=1S/C21H24N2O5S/c1-26-12-6-11-23(17-13-16-7-4-5-8-19(16)22-15-17)29(24,25)21-14-18(27-2)9-10-20(21)28-3/h4-5,7-10,13-15H,6,11-12H2,1-3H3. The van der Waals surface area contributed by atoms with Crippen molar-refractivity contribution in [3.8, 4) is 11.5 Å². The molecule has 0 unspecified atom stereocenters. The van der Waals surface area contributed by atoms with Crippen LogP contribution in [0.15, 0.2) is 59.6 Å². The zero-order chi connectivity index (χ0) is 20.9. The Morgan fingerprint density at radius 2 is 1.79 bits per heavy atom. The highest BCUT2D eigenvalue weighted by Crippen LogP contribution is 2.33. The van der Waals surface area contributed by atoms with Crippen LogP contribution in [0.2, 0.25) is 0 Å². The molecule has 0 saturated heterocycles. The fraction of sp³-hybridized carbons (Fsp3) is 0.286. The predicted molar refractivity (Wildman–Crippen MR) is 112 cm³/mol. The van der Waals surface area contributed by atoms with Crippen LogP contribution in [-0.4, -0.2) is 47.9 Å². The number of anilines is 1. The van der Waals surface area contributed by atoms with Gasteiger partial charge in [-0.05, 0) is 30.7 Å². The third-order valence-corrected chi connectivity index (χ3v) is 6.36. The molecular formula is C21H24N2O5S. The van der Waals surface area contributed by atoms with Gasteiger partial charge < -0.3 is 14.2 Å². The third-order valence-electron chi connectivity index (χ3n) is 4.51. The molecule has 0 aliphatic rings. The Bertz CT molecular complexity index is 1090. The van der Waals surface area contributed by atoms with E-state index in [1.807, 2.05) is 30.3 Å². The number of hydrogen-bond donors (Lipinski definition) is 0. The average molecular weight is 416 g/mol. The maximum absolute atomic E-state index is 13.6. The zero-order valence-electron chi connectivity index (χ0n) is 16.7. The summed E-state index contributed by atoms with van der Waals surface area (Å²) in [4.78, 5) is 4.45. The van der Waals surface area contributed by atoms with Crippen LogP contribution < -0.4 is 13.8 Å². The van der Waals surface area contributed by atoms with Crippen molar-refractivity contribution in [2.45, 2.75) is 11.3 Å². The molecule has 3 aromatic rings. The SMILES string of the molecule is COCCCN(c1cnc2ccccc2c1)S(=O)(=O)c1cc(OC)ccc1OC. The Balaban J connectivity index is 2.12. The van der Waals surface area contributed by atoms with Crippen molar-refractivity contribution in [1.82, 2.24) is 4.98 Å². The molecule has 7 nitrogen and oxygen atoms in total. The summed E-state index contributed by atoms with van der Waals surface area (Å²) < 4.78 is 44.2. The second-order valence-corrected chi connectivity index (χ2v) is 8.16. The molecule has 0 atom stereocenters. The first kappa shape index (κ1) is 20.9. The number of pyridine rings is 1. The van der Waals surface area contributed by atoms with Gasteiger partial charge in [-0.2, -0.15) is 0 Å². The molecule has 0 aliphatic heterocycles. The van der Waals surface area contributed by atoms with Crippen molar-refractivity contribution in [1.29, 1.82) is 0 Å². The number of benzene rings is 2. The normalized spacial score (nSPS) is 11.4. The van der Waals surface area contributed by atoms with Gasteiger partial charge >= 0.3 is 0 Å². The highest BCUT2D eigenvalue weighted by molar-refractivity contribution is 7.93. The molecule has 0 saturated carbocycles. The summed E-state index contributed by atoms with van der Waals surface area (Å²) >= 11 is 0. The molecular weight excluding hydrogens is 392 g/mol. The largest absolute Gasteiger partial charge is 0.497 e. The van der Waals surface area contributed by atoms with E-state index in [-0.39, 0.29) is 17.2 Å². The summed E-state index contributed by atoms with van der Waals surface area (Å²) in [6.45, 7) is 0.666.